The zero-order chi connectivity index (χ0) is 24.3. The number of anilines is 1. The molecule has 0 saturated carbocycles. The van der Waals surface area contributed by atoms with Gasteiger partial charge in [-0.25, -0.2) is 0 Å². The van der Waals surface area contributed by atoms with Crippen LogP contribution in [0.2, 0.25) is 0 Å². The van der Waals surface area contributed by atoms with Crippen molar-refractivity contribution in [2.75, 3.05) is 26.6 Å². The second-order valence-electron chi connectivity index (χ2n) is 7.80. The predicted octanol–water partition coefficient (Wildman–Crippen LogP) is 2.75. The quantitative estimate of drug-likeness (QED) is 0.581. The van der Waals surface area contributed by atoms with E-state index in [0.29, 0.717) is 41.2 Å². The number of benzene rings is 1. The number of carbonyl (C=O) groups is 2. The monoisotopic (exact) mass is 456 g/mol. The SMILES string of the molecule is COc1cc2c(c(OC)c1OC)-c1ccc(N[C@@H](C)C(=O)O)c(=O)cc1[C@@H](NC(C)=O)CC2. The lowest BCUT2D eigenvalue weighted by molar-refractivity contribution is -0.137. The van der Waals surface area contributed by atoms with Gasteiger partial charge in [-0.2, -0.15) is 0 Å². The molecule has 176 valence electrons. The summed E-state index contributed by atoms with van der Waals surface area (Å²) < 4.78 is 16.8. The number of nitrogens with one attached hydrogen (secondary N) is 2. The molecular formula is C24H28N2O7. The number of methoxy groups -OCH3 is 3. The Kier molecular flexibility index (Phi) is 7.10. The Morgan fingerprint density at radius 3 is 2.36 bits per heavy atom. The van der Waals surface area contributed by atoms with E-state index in [-0.39, 0.29) is 17.0 Å². The highest BCUT2D eigenvalue weighted by molar-refractivity contribution is 5.84. The predicted molar refractivity (Wildman–Crippen MR) is 123 cm³/mol. The van der Waals surface area contributed by atoms with Crippen LogP contribution in [0.3, 0.4) is 0 Å². The van der Waals surface area contributed by atoms with Gasteiger partial charge in [-0.1, -0.05) is 6.07 Å². The lowest BCUT2D eigenvalue weighted by atomic mass is 9.95. The molecule has 0 radical (unpaired) electrons. The lowest BCUT2D eigenvalue weighted by Gasteiger charge is -2.19. The summed E-state index contributed by atoms with van der Waals surface area (Å²) >= 11 is 0. The molecule has 0 heterocycles. The summed E-state index contributed by atoms with van der Waals surface area (Å²) in [6.07, 6.45) is 1.13. The number of aryl methyl sites for hydroxylation is 1. The highest BCUT2D eigenvalue weighted by Gasteiger charge is 2.29. The van der Waals surface area contributed by atoms with Gasteiger partial charge in [-0.3, -0.25) is 14.4 Å². The van der Waals surface area contributed by atoms with Crippen molar-refractivity contribution < 1.29 is 28.9 Å². The van der Waals surface area contributed by atoms with E-state index in [1.165, 1.54) is 34.1 Å². The molecule has 0 spiro atoms. The minimum absolute atomic E-state index is 0.139. The molecule has 0 saturated heterocycles. The summed E-state index contributed by atoms with van der Waals surface area (Å²) in [5.41, 5.74) is 2.67. The Balaban J connectivity index is 2.35. The highest BCUT2D eigenvalue weighted by atomic mass is 16.5. The van der Waals surface area contributed by atoms with Crippen LogP contribution < -0.4 is 30.3 Å². The van der Waals surface area contributed by atoms with Gasteiger partial charge in [0.15, 0.2) is 11.5 Å². The van der Waals surface area contributed by atoms with Crippen LogP contribution in [0.1, 0.15) is 37.4 Å². The first-order valence-electron chi connectivity index (χ1n) is 10.5. The summed E-state index contributed by atoms with van der Waals surface area (Å²) in [7, 11) is 4.58. The van der Waals surface area contributed by atoms with Crippen molar-refractivity contribution in [3.05, 3.63) is 45.6 Å². The van der Waals surface area contributed by atoms with Crippen LogP contribution in [0.25, 0.3) is 11.1 Å². The summed E-state index contributed by atoms with van der Waals surface area (Å²) in [6, 6.07) is 5.21. The molecule has 33 heavy (non-hydrogen) atoms. The van der Waals surface area contributed by atoms with E-state index >= 15 is 0 Å². The number of ether oxygens (including phenoxy) is 3. The average molecular weight is 456 g/mol. The van der Waals surface area contributed by atoms with Crippen LogP contribution >= 0.6 is 0 Å². The molecule has 2 aromatic carbocycles. The molecule has 0 unspecified atom stereocenters. The maximum atomic E-state index is 13.0. The molecule has 0 fully saturated rings. The normalized spacial score (nSPS) is 15.2. The number of hydrogen-bond acceptors (Lipinski definition) is 7. The third kappa shape index (κ3) is 4.72. The molecule has 9 nitrogen and oxygen atoms in total. The zero-order valence-corrected chi connectivity index (χ0v) is 19.3. The molecule has 2 atom stereocenters. The van der Waals surface area contributed by atoms with Crippen LogP contribution in [0.15, 0.2) is 29.1 Å². The Morgan fingerprint density at radius 2 is 1.79 bits per heavy atom. The number of carboxylic acid groups (broad SMARTS) is 1. The largest absolute Gasteiger partial charge is 0.493 e. The van der Waals surface area contributed by atoms with Gasteiger partial charge in [0, 0.05) is 12.5 Å². The zero-order valence-electron chi connectivity index (χ0n) is 19.3. The van der Waals surface area contributed by atoms with Crippen molar-refractivity contribution >= 4 is 17.6 Å². The number of hydrogen-bond donors (Lipinski definition) is 3. The fraction of sp³-hybridized carbons (Fsp3) is 0.375. The van der Waals surface area contributed by atoms with Gasteiger partial charge in [0.1, 0.15) is 6.04 Å². The summed E-state index contributed by atoms with van der Waals surface area (Å²) in [5.74, 6) is 0.0615. The Hall–Kier alpha value is -3.75. The first-order valence-corrected chi connectivity index (χ1v) is 10.5. The minimum Gasteiger partial charge on any atom is -0.493 e. The first-order chi connectivity index (χ1) is 15.7. The molecule has 9 heteroatoms. The number of carbonyl (C=O) groups excluding carboxylic acids is 1. The molecular weight excluding hydrogens is 428 g/mol. The van der Waals surface area contributed by atoms with Crippen molar-refractivity contribution in [2.24, 2.45) is 0 Å². The maximum absolute atomic E-state index is 13.0. The topological polar surface area (TPSA) is 123 Å². The molecule has 1 amide bonds. The molecule has 1 aliphatic carbocycles. The second-order valence-corrected chi connectivity index (χ2v) is 7.80. The molecule has 0 bridgehead atoms. The molecule has 1 aliphatic rings. The van der Waals surface area contributed by atoms with Gasteiger partial charge in [0.2, 0.25) is 17.1 Å². The van der Waals surface area contributed by atoms with Gasteiger partial charge in [-0.05, 0) is 54.7 Å². The van der Waals surface area contributed by atoms with Gasteiger partial charge in [0.25, 0.3) is 0 Å². The Morgan fingerprint density at radius 1 is 1.09 bits per heavy atom. The van der Waals surface area contributed by atoms with Crippen molar-refractivity contribution in [2.45, 2.75) is 38.8 Å². The number of aliphatic carboxylic acids is 1. The molecule has 2 aromatic rings. The summed E-state index contributed by atoms with van der Waals surface area (Å²) in [6.45, 7) is 2.88. The smallest absolute Gasteiger partial charge is 0.325 e. The van der Waals surface area contributed by atoms with Crippen LogP contribution in [0, 0.1) is 0 Å². The number of rotatable bonds is 7. The Labute approximate surface area is 191 Å². The average Bonchev–Trinajstić information content (AvgIpc) is 3.01. The van der Waals surface area contributed by atoms with E-state index in [1.807, 2.05) is 6.07 Å². The van der Waals surface area contributed by atoms with Crippen molar-refractivity contribution in [3.8, 4) is 28.4 Å². The number of amides is 1. The van der Waals surface area contributed by atoms with E-state index in [4.69, 9.17) is 14.2 Å². The fourth-order valence-electron chi connectivity index (χ4n) is 4.12. The second kappa shape index (κ2) is 9.81. The molecule has 0 aliphatic heterocycles. The van der Waals surface area contributed by atoms with Crippen LogP contribution in [-0.4, -0.2) is 44.4 Å². The minimum atomic E-state index is -1.08. The first kappa shape index (κ1) is 23.9. The third-order valence-electron chi connectivity index (χ3n) is 5.66. The summed E-state index contributed by atoms with van der Waals surface area (Å²) in [5, 5.41) is 14.9. The van der Waals surface area contributed by atoms with E-state index in [2.05, 4.69) is 10.6 Å². The van der Waals surface area contributed by atoms with Crippen LogP contribution in [0.4, 0.5) is 5.69 Å². The van der Waals surface area contributed by atoms with Crippen molar-refractivity contribution in [3.63, 3.8) is 0 Å². The summed E-state index contributed by atoms with van der Waals surface area (Å²) in [4.78, 5) is 36.3. The lowest BCUT2D eigenvalue weighted by Crippen LogP contribution is -2.28. The molecule has 0 aromatic heterocycles. The van der Waals surface area contributed by atoms with Gasteiger partial charge in [-0.15, -0.1) is 0 Å². The van der Waals surface area contributed by atoms with Crippen LogP contribution in [-0.2, 0) is 16.0 Å². The van der Waals surface area contributed by atoms with Crippen molar-refractivity contribution in [1.29, 1.82) is 0 Å². The van der Waals surface area contributed by atoms with Crippen LogP contribution in [0.5, 0.6) is 17.2 Å². The molecule has 3 N–H and O–H groups in total. The maximum Gasteiger partial charge on any atom is 0.325 e. The van der Waals surface area contributed by atoms with Gasteiger partial charge < -0.3 is 30.0 Å². The number of carboxylic acids is 1. The van der Waals surface area contributed by atoms with E-state index in [0.717, 1.165) is 11.1 Å². The number of fused-ring (bicyclic) bond motifs is 3. The van der Waals surface area contributed by atoms with E-state index in [1.54, 1.807) is 19.2 Å². The van der Waals surface area contributed by atoms with Gasteiger partial charge >= 0.3 is 5.97 Å². The van der Waals surface area contributed by atoms with E-state index < -0.39 is 18.1 Å². The third-order valence-corrected chi connectivity index (χ3v) is 5.66. The van der Waals surface area contributed by atoms with Crippen molar-refractivity contribution in [1.82, 2.24) is 5.32 Å². The fourth-order valence-corrected chi connectivity index (χ4v) is 4.12. The standard InChI is InChI=1S/C24H28N2O7/c1-12(24(29)30)25-18-9-7-15-16(11-19(18)28)17(26-13(2)27)8-6-14-10-20(31-3)22(32-4)23(33-5)21(14)15/h7,9-12,17H,6,8H2,1-5H3,(H,25,28)(H,26,27)(H,29,30)/t12-,17-/m0/s1. The highest BCUT2D eigenvalue weighted by Crippen LogP contribution is 2.50. The molecule has 3 rings (SSSR count). The van der Waals surface area contributed by atoms with Gasteiger partial charge in [0.05, 0.1) is 33.1 Å². The van der Waals surface area contributed by atoms with E-state index in [9.17, 15) is 19.5 Å². The Bertz CT molecular complexity index is 1150.